The van der Waals surface area contributed by atoms with E-state index in [0.29, 0.717) is 16.3 Å². The molecule has 0 radical (unpaired) electrons. The molecule has 0 aliphatic carbocycles. The van der Waals surface area contributed by atoms with Crippen molar-refractivity contribution in [3.8, 4) is 0 Å². The monoisotopic (exact) mass is 280 g/mol. The molecule has 0 saturated carbocycles. The summed E-state index contributed by atoms with van der Waals surface area (Å²) in [6.07, 6.45) is 6.59. The highest BCUT2D eigenvalue weighted by atomic mass is 35.5. The fourth-order valence-electron chi connectivity index (χ4n) is 1.51. The molecule has 1 rings (SSSR count). The summed E-state index contributed by atoms with van der Waals surface area (Å²) in [4.78, 5) is 11.1. The van der Waals surface area contributed by atoms with E-state index in [-0.39, 0.29) is 12.2 Å². The molecule has 3 nitrogen and oxygen atoms in total. The zero-order valence-corrected chi connectivity index (χ0v) is 11.8. The lowest BCUT2D eigenvalue weighted by atomic mass is 10.1. The summed E-state index contributed by atoms with van der Waals surface area (Å²) < 4.78 is 5.58. The number of rotatable bonds is 6. The summed E-state index contributed by atoms with van der Waals surface area (Å²) in [6.45, 7) is 4.07. The molecule has 1 aromatic rings. The topological polar surface area (TPSA) is 46.5 Å². The zero-order chi connectivity index (χ0) is 14.3. The number of carboxylic acid groups (broad SMARTS) is 1. The van der Waals surface area contributed by atoms with Gasteiger partial charge in [0, 0.05) is 10.6 Å². The number of benzene rings is 1. The highest BCUT2D eigenvalue weighted by Crippen LogP contribution is 2.18. The minimum atomic E-state index is -0.985. The molecule has 19 heavy (non-hydrogen) atoms. The van der Waals surface area contributed by atoms with Gasteiger partial charge in [-0.1, -0.05) is 24.6 Å². The lowest BCUT2D eigenvalue weighted by Crippen LogP contribution is -2.04. The fourth-order valence-corrected chi connectivity index (χ4v) is 1.71. The van der Waals surface area contributed by atoms with E-state index in [1.54, 1.807) is 12.1 Å². The van der Waals surface area contributed by atoms with E-state index in [2.05, 4.69) is 0 Å². The molecule has 1 N–H and O–H groups in total. The number of carboxylic acids is 1. The van der Waals surface area contributed by atoms with Crippen LogP contribution in [-0.4, -0.2) is 11.1 Å². The van der Waals surface area contributed by atoms with Crippen LogP contribution in [0.4, 0.5) is 0 Å². The molecule has 0 fully saturated rings. The Morgan fingerprint density at radius 3 is 2.79 bits per heavy atom. The van der Waals surface area contributed by atoms with Gasteiger partial charge in [-0.3, -0.25) is 0 Å². The van der Waals surface area contributed by atoms with Crippen molar-refractivity contribution in [2.45, 2.75) is 26.9 Å². The number of carbonyl (C=O) groups is 1. The van der Waals surface area contributed by atoms with Crippen molar-refractivity contribution >= 4 is 17.6 Å². The van der Waals surface area contributed by atoms with Gasteiger partial charge in [0.05, 0.1) is 5.56 Å². The van der Waals surface area contributed by atoms with Gasteiger partial charge in [0.15, 0.2) is 0 Å². The first kappa shape index (κ1) is 15.3. The van der Waals surface area contributed by atoms with Crippen LogP contribution >= 0.6 is 11.6 Å². The van der Waals surface area contributed by atoms with Crippen LogP contribution in [0, 0.1) is 0 Å². The minimum Gasteiger partial charge on any atom is -0.489 e. The summed E-state index contributed by atoms with van der Waals surface area (Å²) in [5.41, 5.74) is 0.767. The van der Waals surface area contributed by atoms with Crippen molar-refractivity contribution in [1.29, 1.82) is 0 Å². The van der Waals surface area contributed by atoms with Crippen LogP contribution in [0.3, 0.4) is 0 Å². The molecule has 102 valence electrons. The molecule has 0 unspecified atom stereocenters. The van der Waals surface area contributed by atoms with Gasteiger partial charge in [-0.15, -0.1) is 0 Å². The Morgan fingerprint density at radius 2 is 2.21 bits per heavy atom. The van der Waals surface area contributed by atoms with E-state index >= 15 is 0 Å². The fraction of sp³-hybridized carbons (Fsp3) is 0.267. The Kier molecular flexibility index (Phi) is 6.16. The molecule has 0 saturated heterocycles. The van der Waals surface area contributed by atoms with E-state index < -0.39 is 5.97 Å². The molecule has 0 heterocycles. The van der Waals surface area contributed by atoms with Crippen LogP contribution in [0.2, 0.25) is 5.02 Å². The van der Waals surface area contributed by atoms with Crippen molar-refractivity contribution < 1.29 is 14.6 Å². The summed E-state index contributed by atoms with van der Waals surface area (Å²) in [5, 5.41) is 9.59. The third-order valence-corrected chi connectivity index (χ3v) is 2.73. The maximum absolute atomic E-state index is 11.1. The summed E-state index contributed by atoms with van der Waals surface area (Å²) in [7, 11) is 0. The Labute approximate surface area is 118 Å². The first-order valence-corrected chi connectivity index (χ1v) is 6.43. The third-order valence-electron chi connectivity index (χ3n) is 2.49. The first-order chi connectivity index (χ1) is 9.08. The number of allylic oxidation sites excluding steroid dienone is 3. The number of aromatic carboxylic acids is 1. The van der Waals surface area contributed by atoms with Crippen LogP contribution in [0.15, 0.2) is 42.2 Å². The Bertz CT molecular complexity index is 504. The van der Waals surface area contributed by atoms with Gasteiger partial charge < -0.3 is 9.84 Å². The highest BCUT2D eigenvalue weighted by Gasteiger charge is 2.11. The van der Waals surface area contributed by atoms with Crippen LogP contribution in [-0.2, 0) is 11.3 Å². The average Bonchev–Trinajstić information content (AvgIpc) is 2.38. The van der Waals surface area contributed by atoms with Gasteiger partial charge in [-0.05, 0) is 43.7 Å². The van der Waals surface area contributed by atoms with E-state index in [0.717, 1.165) is 6.42 Å². The predicted octanol–water partition coefficient (Wildman–Crippen LogP) is 4.42. The predicted molar refractivity (Wildman–Crippen MR) is 76.4 cm³/mol. The molecule has 1 aromatic carbocycles. The minimum absolute atomic E-state index is 0.177. The maximum Gasteiger partial charge on any atom is 0.336 e. The largest absolute Gasteiger partial charge is 0.489 e. The highest BCUT2D eigenvalue weighted by molar-refractivity contribution is 6.30. The van der Waals surface area contributed by atoms with Crippen molar-refractivity contribution in [2.24, 2.45) is 0 Å². The van der Waals surface area contributed by atoms with E-state index in [1.807, 2.05) is 32.1 Å². The summed E-state index contributed by atoms with van der Waals surface area (Å²) in [6, 6.07) is 4.66. The molecule has 0 aliphatic rings. The van der Waals surface area contributed by atoms with Crippen LogP contribution < -0.4 is 0 Å². The molecule has 0 atom stereocenters. The van der Waals surface area contributed by atoms with Gasteiger partial charge in [0.2, 0.25) is 0 Å². The summed E-state index contributed by atoms with van der Waals surface area (Å²) >= 11 is 5.88. The van der Waals surface area contributed by atoms with Crippen molar-refractivity contribution in [3.63, 3.8) is 0 Å². The molecule has 0 aromatic heterocycles. The molecule has 0 spiro atoms. The Balaban J connectivity index is 2.84. The van der Waals surface area contributed by atoms with Crippen molar-refractivity contribution in [3.05, 3.63) is 58.3 Å². The Hall–Kier alpha value is -1.74. The second-order valence-electron chi connectivity index (χ2n) is 3.90. The second-order valence-corrected chi connectivity index (χ2v) is 4.33. The van der Waals surface area contributed by atoms with Crippen LogP contribution in [0.25, 0.3) is 0 Å². The number of hydrogen-bond acceptors (Lipinski definition) is 2. The van der Waals surface area contributed by atoms with Crippen LogP contribution in [0.5, 0.6) is 0 Å². The lowest BCUT2D eigenvalue weighted by molar-refractivity contribution is 0.0692. The quantitative estimate of drug-likeness (QED) is 0.619. The second kappa shape index (κ2) is 7.64. The van der Waals surface area contributed by atoms with Gasteiger partial charge in [-0.25, -0.2) is 4.79 Å². The van der Waals surface area contributed by atoms with E-state index in [9.17, 15) is 4.79 Å². The maximum atomic E-state index is 11.1. The third kappa shape index (κ3) is 4.79. The molecular weight excluding hydrogens is 264 g/mol. The normalized spacial score (nSPS) is 11.8. The van der Waals surface area contributed by atoms with E-state index in [1.165, 1.54) is 6.07 Å². The number of halogens is 1. The van der Waals surface area contributed by atoms with Crippen LogP contribution in [0.1, 0.15) is 36.2 Å². The standard InChI is InChI=1S/C15H17ClO3/c1-3-5-6-13(4-2)19-10-11-9-12(16)7-8-14(11)15(17)18/h4-9H,3,10H2,1-2H3,(H,17,18)/b6-5-,13-4+. The number of ether oxygens (including phenoxy) is 1. The molecule has 4 heteroatoms. The van der Waals surface area contributed by atoms with Gasteiger partial charge in [-0.2, -0.15) is 0 Å². The summed E-state index contributed by atoms with van der Waals surface area (Å²) in [5.74, 6) is -0.278. The smallest absolute Gasteiger partial charge is 0.336 e. The molecule has 0 aliphatic heterocycles. The average molecular weight is 281 g/mol. The van der Waals surface area contributed by atoms with E-state index in [4.69, 9.17) is 21.4 Å². The number of hydrogen-bond donors (Lipinski definition) is 1. The van der Waals surface area contributed by atoms with Gasteiger partial charge >= 0.3 is 5.97 Å². The SMILES string of the molecule is C/C=C(\C=C/CC)OCc1cc(Cl)ccc1C(=O)O. The van der Waals surface area contributed by atoms with Gasteiger partial charge in [0.1, 0.15) is 12.4 Å². The zero-order valence-electron chi connectivity index (χ0n) is 11.0. The van der Waals surface area contributed by atoms with Crippen molar-refractivity contribution in [2.75, 3.05) is 0 Å². The lowest BCUT2D eigenvalue weighted by Gasteiger charge is -2.09. The first-order valence-electron chi connectivity index (χ1n) is 6.05. The molecule has 0 amide bonds. The Morgan fingerprint density at radius 1 is 1.47 bits per heavy atom. The van der Waals surface area contributed by atoms with Gasteiger partial charge in [0.25, 0.3) is 0 Å². The molecule has 0 bridgehead atoms. The van der Waals surface area contributed by atoms with Crippen molar-refractivity contribution in [1.82, 2.24) is 0 Å². The molecular formula is C15H17ClO3.